The molecule has 6 nitrogen and oxygen atoms in total. The summed E-state index contributed by atoms with van der Waals surface area (Å²) < 4.78 is 7.20. The van der Waals surface area contributed by atoms with E-state index in [9.17, 15) is 0 Å². The molecule has 2 aromatic rings. The summed E-state index contributed by atoms with van der Waals surface area (Å²) in [5.74, 6) is 2.24. The van der Waals surface area contributed by atoms with Crippen LogP contribution in [0, 0.1) is 5.92 Å². The van der Waals surface area contributed by atoms with Crippen LogP contribution < -0.4 is 5.32 Å². The van der Waals surface area contributed by atoms with Crippen LogP contribution in [0.25, 0.3) is 11.3 Å². The van der Waals surface area contributed by atoms with Crippen molar-refractivity contribution in [2.75, 3.05) is 25.6 Å². The van der Waals surface area contributed by atoms with Gasteiger partial charge in [0.15, 0.2) is 0 Å². The summed E-state index contributed by atoms with van der Waals surface area (Å²) in [5.41, 5.74) is 1.92. The predicted molar refractivity (Wildman–Crippen MR) is 76.4 cm³/mol. The molecule has 0 spiro atoms. The molecule has 0 aromatic carbocycles. The van der Waals surface area contributed by atoms with Crippen molar-refractivity contribution in [1.82, 2.24) is 19.7 Å². The number of ether oxygens (including phenoxy) is 1. The second-order valence-electron chi connectivity index (χ2n) is 5.14. The fourth-order valence-corrected chi connectivity index (χ4v) is 2.42. The largest absolute Gasteiger partial charge is 0.381 e. The van der Waals surface area contributed by atoms with E-state index in [-0.39, 0.29) is 0 Å². The van der Waals surface area contributed by atoms with Gasteiger partial charge in [-0.05, 0) is 12.3 Å². The fraction of sp³-hybridized carbons (Fsp3) is 0.500. The Kier molecular flexibility index (Phi) is 3.64. The SMILES string of the molecule is CNc1cc(-c2cnn(C)c2)nc(CC2CCOC2)n1. The van der Waals surface area contributed by atoms with Crippen LogP contribution in [0.3, 0.4) is 0 Å². The quantitative estimate of drug-likeness (QED) is 0.914. The third-order valence-corrected chi connectivity index (χ3v) is 3.52. The first-order valence-electron chi connectivity index (χ1n) is 6.87. The second kappa shape index (κ2) is 5.58. The number of anilines is 1. The third kappa shape index (κ3) is 2.80. The van der Waals surface area contributed by atoms with Crippen LogP contribution in [0.5, 0.6) is 0 Å². The third-order valence-electron chi connectivity index (χ3n) is 3.52. The summed E-state index contributed by atoms with van der Waals surface area (Å²) in [7, 11) is 3.78. The van der Waals surface area contributed by atoms with E-state index in [0.717, 1.165) is 49.0 Å². The van der Waals surface area contributed by atoms with E-state index >= 15 is 0 Å². The second-order valence-corrected chi connectivity index (χ2v) is 5.14. The van der Waals surface area contributed by atoms with Crippen molar-refractivity contribution in [3.05, 3.63) is 24.3 Å². The van der Waals surface area contributed by atoms with Gasteiger partial charge in [-0.2, -0.15) is 5.10 Å². The van der Waals surface area contributed by atoms with Crippen molar-refractivity contribution in [2.45, 2.75) is 12.8 Å². The molecule has 0 bridgehead atoms. The van der Waals surface area contributed by atoms with Crippen molar-refractivity contribution >= 4 is 5.82 Å². The Morgan fingerprint density at radius 2 is 2.35 bits per heavy atom. The van der Waals surface area contributed by atoms with Crippen molar-refractivity contribution in [1.29, 1.82) is 0 Å². The van der Waals surface area contributed by atoms with Crippen LogP contribution in [0.15, 0.2) is 18.5 Å². The van der Waals surface area contributed by atoms with Gasteiger partial charge >= 0.3 is 0 Å². The van der Waals surface area contributed by atoms with Crippen molar-refractivity contribution in [2.24, 2.45) is 13.0 Å². The van der Waals surface area contributed by atoms with E-state index in [1.54, 1.807) is 4.68 Å². The van der Waals surface area contributed by atoms with Gasteiger partial charge in [0.2, 0.25) is 0 Å². The van der Waals surface area contributed by atoms with Crippen LogP contribution in [-0.4, -0.2) is 40.0 Å². The molecule has 2 aromatic heterocycles. The summed E-state index contributed by atoms with van der Waals surface area (Å²) in [4.78, 5) is 9.21. The molecular weight excluding hydrogens is 254 g/mol. The molecule has 1 aliphatic heterocycles. The van der Waals surface area contributed by atoms with E-state index < -0.39 is 0 Å². The number of aromatic nitrogens is 4. The Labute approximate surface area is 118 Å². The smallest absolute Gasteiger partial charge is 0.131 e. The molecule has 106 valence electrons. The Morgan fingerprint density at radius 3 is 3.00 bits per heavy atom. The van der Waals surface area contributed by atoms with Gasteiger partial charge in [0.05, 0.1) is 11.9 Å². The number of aryl methyl sites for hydroxylation is 1. The number of rotatable bonds is 4. The molecule has 6 heteroatoms. The molecule has 1 aliphatic rings. The molecule has 0 aliphatic carbocycles. The van der Waals surface area contributed by atoms with Crippen LogP contribution in [0.2, 0.25) is 0 Å². The first-order valence-corrected chi connectivity index (χ1v) is 6.87. The van der Waals surface area contributed by atoms with E-state index in [1.165, 1.54) is 0 Å². The van der Waals surface area contributed by atoms with Gasteiger partial charge in [0, 0.05) is 51.6 Å². The summed E-state index contributed by atoms with van der Waals surface area (Å²) in [5, 5.41) is 7.30. The highest BCUT2D eigenvalue weighted by atomic mass is 16.5. The molecule has 1 fully saturated rings. The van der Waals surface area contributed by atoms with E-state index in [0.29, 0.717) is 5.92 Å². The summed E-state index contributed by atoms with van der Waals surface area (Å²) in [6.07, 6.45) is 5.74. The molecule has 1 unspecified atom stereocenters. The van der Waals surface area contributed by atoms with Gasteiger partial charge in [0.25, 0.3) is 0 Å². The number of nitrogens with one attached hydrogen (secondary N) is 1. The average molecular weight is 273 g/mol. The Balaban J connectivity index is 1.89. The highest BCUT2D eigenvalue weighted by molar-refractivity contribution is 5.60. The minimum atomic E-state index is 0.531. The Hall–Kier alpha value is -1.95. The maximum absolute atomic E-state index is 5.42. The number of hydrogen-bond acceptors (Lipinski definition) is 5. The van der Waals surface area contributed by atoms with Crippen LogP contribution in [0.4, 0.5) is 5.82 Å². The molecule has 1 N–H and O–H groups in total. The van der Waals surface area contributed by atoms with Gasteiger partial charge in [-0.1, -0.05) is 0 Å². The van der Waals surface area contributed by atoms with Gasteiger partial charge in [-0.15, -0.1) is 0 Å². The summed E-state index contributed by atoms with van der Waals surface area (Å²) in [6.45, 7) is 1.67. The normalized spacial score (nSPS) is 18.4. The zero-order chi connectivity index (χ0) is 13.9. The van der Waals surface area contributed by atoms with Gasteiger partial charge in [-0.25, -0.2) is 9.97 Å². The predicted octanol–water partition coefficient (Wildman–Crippen LogP) is 1.50. The van der Waals surface area contributed by atoms with Gasteiger partial charge in [-0.3, -0.25) is 4.68 Å². The molecule has 1 saturated heterocycles. The molecular formula is C14H19N5O. The summed E-state index contributed by atoms with van der Waals surface area (Å²) >= 11 is 0. The number of hydrogen-bond donors (Lipinski definition) is 1. The lowest BCUT2D eigenvalue weighted by Crippen LogP contribution is -2.09. The van der Waals surface area contributed by atoms with E-state index in [4.69, 9.17) is 4.74 Å². The number of nitrogens with zero attached hydrogens (tertiary/aromatic N) is 4. The Morgan fingerprint density at radius 1 is 1.45 bits per heavy atom. The minimum Gasteiger partial charge on any atom is -0.381 e. The van der Waals surface area contributed by atoms with Gasteiger partial charge in [0.1, 0.15) is 11.6 Å². The fourth-order valence-electron chi connectivity index (χ4n) is 2.42. The zero-order valence-corrected chi connectivity index (χ0v) is 11.8. The molecule has 0 saturated carbocycles. The van der Waals surface area contributed by atoms with Crippen molar-refractivity contribution < 1.29 is 4.74 Å². The Bertz CT molecular complexity index is 589. The maximum atomic E-state index is 5.42. The maximum Gasteiger partial charge on any atom is 0.131 e. The zero-order valence-electron chi connectivity index (χ0n) is 11.8. The standard InChI is InChI=1S/C14H19N5O/c1-15-13-6-12(11-7-16-19(2)8-11)17-14(18-13)5-10-3-4-20-9-10/h6-8,10H,3-5,9H2,1-2H3,(H,15,17,18). The molecule has 0 amide bonds. The van der Waals surface area contributed by atoms with E-state index in [1.807, 2.05) is 32.6 Å². The van der Waals surface area contributed by atoms with E-state index in [2.05, 4.69) is 20.4 Å². The lowest BCUT2D eigenvalue weighted by Gasteiger charge is -2.09. The van der Waals surface area contributed by atoms with Crippen molar-refractivity contribution in [3.63, 3.8) is 0 Å². The van der Waals surface area contributed by atoms with Gasteiger partial charge < -0.3 is 10.1 Å². The highest BCUT2D eigenvalue weighted by Crippen LogP contribution is 2.22. The molecule has 1 atom stereocenters. The monoisotopic (exact) mass is 273 g/mol. The molecule has 3 heterocycles. The van der Waals surface area contributed by atoms with Crippen molar-refractivity contribution in [3.8, 4) is 11.3 Å². The first kappa shape index (κ1) is 13.1. The molecule has 0 radical (unpaired) electrons. The lowest BCUT2D eigenvalue weighted by atomic mass is 10.0. The minimum absolute atomic E-state index is 0.531. The lowest BCUT2D eigenvalue weighted by molar-refractivity contribution is 0.185. The van der Waals surface area contributed by atoms with Crippen LogP contribution >= 0.6 is 0 Å². The molecule has 3 rings (SSSR count). The van der Waals surface area contributed by atoms with Crippen LogP contribution in [-0.2, 0) is 18.2 Å². The summed E-state index contributed by atoms with van der Waals surface area (Å²) in [6, 6.07) is 1.95. The molecule has 20 heavy (non-hydrogen) atoms. The van der Waals surface area contributed by atoms with Crippen LogP contribution in [0.1, 0.15) is 12.2 Å². The topological polar surface area (TPSA) is 64.9 Å². The first-order chi connectivity index (χ1) is 9.74. The highest BCUT2D eigenvalue weighted by Gasteiger charge is 2.18. The average Bonchev–Trinajstić information content (AvgIpc) is 3.10.